The molecule has 0 aromatic heterocycles. The summed E-state index contributed by atoms with van der Waals surface area (Å²) in [6.07, 6.45) is 1.78. The van der Waals surface area contributed by atoms with Gasteiger partial charge in [0.2, 0.25) is 5.91 Å². The number of nitrogens with one attached hydrogen (secondary N) is 3. The highest BCUT2D eigenvalue weighted by atomic mass is 32.1. The number of carbonyl (C=O) groups is 1. The van der Waals surface area contributed by atoms with Gasteiger partial charge in [0.15, 0.2) is 0 Å². The molecule has 0 saturated carbocycles. The fourth-order valence-electron chi connectivity index (χ4n) is 3.00. The van der Waals surface area contributed by atoms with Gasteiger partial charge in [-0.05, 0) is 24.5 Å². The first-order chi connectivity index (χ1) is 11.9. The van der Waals surface area contributed by atoms with Gasteiger partial charge in [-0.15, -0.1) is 0 Å². The lowest BCUT2D eigenvalue weighted by atomic mass is 9.97. The van der Waals surface area contributed by atoms with Gasteiger partial charge in [-0.25, -0.2) is 8.78 Å². The van der Waals surface area contributed by atoms with E-state index >= 15 is 0 Å². The highest BCUT2D eigenvalue weighted by molar-refractivity contribution is 7.81. The third-order valence-corrected chi connectivity index (χ3v) is 5.17. The van der Waals surface area contributed by atoms with Gasteiger partial charge >= 0.3 is 0 Å². The maximum absolute atomic E-state index is 13.7. The molecule has 0 unspecified atom stereocenters. The first kappa shape index (κ1) is 20.1. The summed E-state index contributed by atoms with van der Waals surface area (Å²) in [5, 5.41) is 9.67. The fraction of sp³-hybridized carbons (Fsp3) is 0.611. The van der Waals surface area contributed by atoms with E-state index in [1.165, 1.54) is 18.2 Å². The van der Waals surface area contributed by atoms with Crippen LogP contribution in [0.15, 0.2) is 18.2 Å². The first-order valence-corrected chi connectivity index (χ1v) is 9.29. The van der Waals surface area contributed by atoms with Gasteiger partial charge in [0.05, 0.1) is 6.04 Å². The zero-order valence-corrected chi connectivity index (χ0v) is 15.6. The summed E-state index contributed by atoms with van der Waals surface area (Å²) in [6.45, 7) is 5.37. The normalized spacial score (nSPS) is 22.6. The second-order valence-corrected chi connectivity index (χ2v) is 7.41. The number of amides is 1. The summed E-state index contributed by atoms with van der Waals surface area (Å²) < 4.78 is 27.4. The Morgan fingerprint density at radius 3 is 2.64 bits per heavy atom. The van der Waals surface area contributed by atoms with Crippen molar-refractivity contribution in [2.24, 2.45) is 5.92 Å². The lowest BCUT2D eigenvalue weighted by molar-refractivity contribution is -0.124. The van der Waals surface area contributed by atoms with E-state index in [-0.39, 0.29) is 30.0 Å². The SMILES string of the molecule is CC[C@H](C)[C@H](NC[C@H]1C[C@@H](S)CN1)C(=O)NCc1c(F)cccc1F. The maximum Gasteiger partial charge on any atom is 0.237 e. The molecule has 7 heteroatoms. The molecule has 1 amide bonds. The average Bonchev–Trinajstić information content (AvgIpc) is 2.99. The van der Waals surface area contributed by atoms with Crippen molar-refractivity contribution >= 4 is 18.5 Å². The van der Waals surface area contributed by atoms with Crippen molar-refractivity contribution in [3.8, 4) is 0 Å². The summed E-state index contributed by atoms with van der Waals surface area (Å²) >= 11 is 4.45. The summed E-state index contributed by atoms with van der Waals surface area (Å²) in [4.78, 5) is 12.6. The number of hydrogen-bond donors (Lipinski definition) is 4. The summed E-state index contributed by atoms with van der Waals surface area (Å²) in [5.41, 5.74) is -0.117. The lowest BCUT2D eigenvalue weighted by Crippen LogP contribution is -2.51. The number of carbonyl (C=O) groups excluding carboxylic acids is 1. The van der Waals surface area contributed by atoms with Crippen molar-refractivity contribution in [1.29, 1.82) is 0 Å². The van der Waals surface area contributed by atoms with Crippen LogP contribution < -0.4 is 16.0 Å². The predicted molar refractivity (Wildman–Crippen MR) is 98.6 cm³/mol. The molecule has 140 valence electrons. The van der Waals surface area contributed by atoms with E-state index in [1.54, 1.807) is 0 Å². The standard InChI is InChI=1S/C18H27F2N3OS/c1-3-11(2)17(22-8-12-7-13(25)9-21-12)18(24)23-10-14-15(19)5-4-6-16(14)20/h4-6,11-13,17,21-22,25H,3,7-10H2,1-2H3,(H,23,24)/t11-,12+,13+,17-/m0/s1. The Morgan fingerprint density at radius 1 is 1.40 bits per heavy atom. The molecular formula is C18H27F2N3OS. The minimum atomic E-state index is -0.650. The molecule has 1 saturated heterocycles. The maximum atomic E-state index is 13.7. The van der Waals surface area contributed by atoms with Crippen LogP contribution in [0.1, 0.15) is 32.3 Å². The van der Waals surface area contributed by atoms with Crippen molar-refractivity contribution in [2.75, 3.05) is 13.1 Å². The number of halogens is 2. The number of thiol groups is 1. The van der Waals surface area contributed by atoms with E-state index < -0.39 is 17.7 Å². The Balaban J connectivity index is 1.93. The molecule has 0 aliphatic carbocycles. The largest absolute Gasteiger partial charge is 0.350 e. The molecule has 25 heavy (non-hydrogen) atoms. The number of benzene rings is 1. The van der Waals surface area contributed by atoms with Crippen molar-refractivity contribution in [3.05, 3.63) is 35.4 Å². The van der Waals surface area contributed by atoms with Crippen LogP contribution in [-0.2, 0) is 11.3 Å². The Bertz CT molecular complexity index is 567. The van der Waals surface area contributed by atoms with Gasteiger partial charge in [0.1, 0.15) is 11.6 Å². The number of rotatable bonds is 8. The topological polar surface area (TPSA) is 53.2 Å². The van der Waals surface area contributed by atoms with E-state index in [4.69, 9.17) is 0 Å². The van der Waals surface area contributed by atoms with E-state index in [0.717, 1.165) is 19.4 Å². The molecule has 1 aliphatic heterocycles. The van der Waals surface area contributed by atoms with Gasteiger partial charge in [-0.3, -0.25) is 4.79 Å². The van der Waals surface area contributed by atoms with Gasteiger partial charge in [-0.2, -0.15) is 12.6 Å². The number of hydrogen-bond acceptors (Lipinski definition) is 4. The average molecular weight is 371 g/mol. The van der Waals surface area contributed by atoms with Gasteiger partial charge in [-0.1, -0.05) is 26.3 Å². The highest BCUT2D eigenvalue weighted by Gasteiger charge is 2.27. The quantitative estimate of drug-likeness (QED) is 0.530. The van der Waals surface area contributed by atoms with Crippen LogP contribution in [0.3, 0.4) is 0 Å². The Kier molecular flexibility index (Phi) is 7.65. The summed E-state index contributed by atoms with van der Waals surface area (Å²) in [5.74, 6) is -1.43. The second kappa shape index (κ2) is 9.50. The molecule has 1 aliphatic rings. The van der Waals surface area contributed by atoms with Crippen molar-refractivity contribution in [1.82, 2.24) is 16.0 Å². The molecule has 3 N–H and O–H groups in total. The molecule has 2 rings (SSSR count). The van der Waals surface area contributed by atoms with Crippen LogP contribution in [0.5, 0.6) is 0 Å². The molecule has 1 aromatic carbocycles. The van der Waals surface area contributed by atoms with E-state index in [1.807, 2.05) is 13.8 Å². The van der Waals surface area contributed by atoms with E-state index in [9.17, 15) is 13.6 Å². The zero-order valence-electron chi connectivity index (χ0n) is 14.7. The summed E-state index contributed by atoms with van der Waals surface area (Å²) in [7, 11) is 0. The predicted octanol–water partition coefficient (Wildman–Crippen LogP) is 2.25. The molecule has 4 nitrogen and oxygen atoms in total. The van der Waals surface area contributed by atoms with Crippen molar-refractivity contribution in [3.63, 3.8) is 0 Å². The molecule has 0 spiro atoms. The van der Waals surface area contributed by atoms with Crippen LogP contribution in [0.25, 0.3) is 0 Å². The van der Waals surface area contributed by atoms with Crippen molar-refractivity contribution < 1.29 is 13.6 Å². The molecule has 0 bridgehead atoms. The third kappa shape index (κ3) is 5.66. The smallest absolute Gasteiger partial charge is 0.237 e. The van der Waals surface area contributed by atoms with Gasteiger partial charge in [0.25, 0.3) is 0 Å². The minimum absolute atomic E-state index is 0.110. The van der Waals surface area contributed by atoms with Crippen LogP contribution in [0.4, 0.5) is 8.78 Å². The van der Waals surface area contributed by atoms with Crippen LogP contribution in [-0.4, -0.2) is 36.3 Å². The van der Waals surface area contributed by atoms with Crippen molar-refractivity contribution in [2.45, 2.75) is 50.6 Å². The van der Waals surface area contributed by atoms with E-state index in [0.29, 0.717) is 11.8 Å². The highest BCUT2D eigenvalue weighted by Crippen LogP contribution is 2.14. The summed E-state index contributed by atoms with van der Waals surface area (Å²) in [6, 6.07) is 3.57. The minimum Gasteiger partial charge on any atom is -0.350 e. The fourth-order valence-corrected chi connectivity index (χ4v) is 3.36. The van der Waals surface area contributed by atoms with E-state index in [2.05, 4.69) is 28.6 Å². The zero-order chi connectivity index (χ0) is 18.4. The van der Waals surface area contributed by atoms with Crippen LogP contribution >= 0.6 is 12.6 Å². The first-order valence-electron chi connectivity index (χ1n) is 8.77. The molecule has 1 fully saturated rings. The Hall–Kier alpha value is -1.18. The molecule has 0 radical (unpaired) electrons. The van der Waals surface area contributed by atoms with Gasteiger partial charge in [0, 0.05) is 36.5 Å². The third-order valence-electron chi connectivity index (χ3n) is 4.78. The van der Waals surface area contributed by atoms with Crippen LogP contribution in [0.2, 0.25) is 0 Å². The second-order valence-electron chi connectivity index (χ2n) is 6.68. The molecule has 4 atom stereocenters. The van der Waals surface area contributed by atoms with Gasteiger partial charge < -0.3 is 16.0 Å². The Labute approximate surface area is 153 Å². The Morgan fingerprint density at radius 2 is 2.08 bits per heavy atom. The monoisotopic (exact) mass is 371 g/mol. The molecular weight excluding hydrogens is 344 g/mol. The van der Waals surface area contributed by atoms with Crippen LogP contribution in [0, 0.1) is 17.6 Å². The molecule has 1 aromatic rings. The molecule has 1 heterocycles. The lowest BCUT2D eigenvalue weighted by Gasteiger charge is -2.25.